The summed E-state index contributed by atoms with van der Waals surface area (Å²) in [4.78, 5) is 16.2. The molecule has 21 heavy (non-hydrogen) atoms. The molecule has 5 heteroatoms. The second-order valence-electron chi connectivity index (χ2n) is 4.37. The summed E-state index contributed by atoms with van der Waals surface area (Å²) >= 11 is 9.61. The van der Waals surface area contributed by atoms with Gasteiger partial charge in [-0.25, -0.2) is 9.78 Å². The number of hydrogen-bond acceptors (Lipinski definition) is 3. The van der Waals surface area contributed by atoms with E-state index in [1.54, 1.807) is 24.3 Å². The van der Waals surface area contributed by atoms with Crippen molar-refractivity contribution in [3.63, 3.8) is 0 Å². The summed E-state index contributed by atoms with van der Waals surface area (Å²) in [6.07, 6.45) is 1.70. The Balaban J connectivity index is 2.09. The lowest BCUT2D eigenvalue weighted by Gasteiger charge is -2.01. The molecular weight excluding hydrogens is 354 g/mol. The second kappa shape index (κ2) is 5.84. The van der Waals surface area contributed by atoms with Crippen LogP contribution in [-0.4, -0.2) is 4.98 Å². The van der Waals surface area contributed by atoms with Crippen molar-refractivity contribution in [3.8, 4) is 0 Å². The molecular formula is C16H9BrClNO2. The Morgan fingerprint density at radius 3 is 2.81 bits per heavy atom. The van der Waals surface area contributed by atoms with Gasteiger partial charge in [-0.05, 0) is 35.9 Å². The Labute approximate surface area is 134 Å². The number of rotatable bonds is 2. The van der Waals surface area contributed by atoms with Crippen molar-refractivity contribution < 1.29 is 4.42 Å². The van der Waals surface area contributed by atoms with Crippen LogP contribution in [-0.2, 0) is 0 Å². The molecule has 0 fully saturated rings. The lowest BCUT2D eigenvalue weighted by molar-refractivity contribution is 0.489. The molecule has 0 spiro atoms. The number of benzene rings is 2. The molecule has 0 N–H and O–H groups in total. The van der Waals surface area contributed by atoms with Gasteiger partial charge in [0.25, 0.3) is 0 Å². The summed E-state index contributed by atoms with van der Waals surface area (Å²) in [6.45, 7) is 0. The van der Waals surface area contributed by atoms with Gasteiger partial charge < -0.3 is 4.42 Å². The smallest absolute Gasteiger partial charge is 0.347 e. The molecule has 1 aromatic heterocycles. The van der Waals surface area contributed by atoms with E-state index in [4.69, 9.17) is 16.0 Å². The van der Waals surface area contributed by atoms with Gasteiger partial charge in [0.15, 0.2) is 0 Å². The van der Waals surface area contributed by atoms with Gasteiger partial charge in [0.1, 0.15) is 5.03 Å². The van der Waals surface area contributed by atoms with Crippen LogP contribution in [0, 0.1) is 0 Å². The Bertz CT molecular complexity index is 902. The number of aromatic nitrogens is 1. The number of nitrogens with zero attached hydrogens (tertiary/aromatic N) is 1. The van der Waals surface area contributed by atoms with E-state index >= 15 is 0 Å². The van der Waals surface area contributed by atoms with Crippen LogP contribution in [0.2, 0.25) is 0 Å². The molecule has 0 radical (unpaired) electrons. The molecule has 104 valence electrons. The highest BCUT2D eigenvalue weighted by Gasteiger charge is 2.09. The van der Waals surface area contributed by atoms with Crippen LogP contribution in [0.15, 0.2) is 62.2 Å². The van der Waals surface area contributed by atoms with E-state index in [9.17, 15) is 4.79 Å². The van der Waals surface area contributed by atoms with E-state index in [0.717, 1.165) is 10.0 Å². The normalized spacial score (nSPS) is 11.8. The van der Waals surface area contributed by atoms with Gasteiger partial charge >= 0.3 is 5.63 Å². The predicted octanol–water partition coefficient (Wildman–Crippen LogP) is 4.69. The number of halogens is 2. The zero-order valence-corrected chi connectivity index (χ0v) is 13.1. The first-order chi connectivity index (χ1) is 10.1. The molecule has 0 aliphatic heterocycles. The third-order valence-corrected chi connectivity index (χ3v) is 3.65. The van der Waals surface area contributed by atoms with Crippen LogP contribution in [0.25, 0.3) is 22.0 Å². The maximum Gasteiger partial charge on any atom is 0.347 e. The summed E-state index contributed by atoms with van der Waals surface area (Å²) in [7, 11) is 0. The van der Waals surface area contributed by atoms with Gasteiger partial charge in [0.05, 0.1) is 10.9 Å². The largest absolute Gasteiger partial charge is 0.402 e. The SMILES string of the molecule is O=c1oc(/C(Cl)=C/c2cccc(Br)c2)nc2ccccc12. The van der Waals surface area contributed by atoms with E-state index in [0.29, 0.717) is 10.9 Å². The fourth-order valence-electron chi connectivity index (χ4n) is 1.93. The molecule has 0 bridgehead atoms. The minimum absolute atomic E-state index is 0.111. The van der Waals surface area contributed by atoms with Gasteiger partial charge in [-0.2, -0.15) is 0 Å². The van der Waals surface area contributed by atoms with Crippen molar-refractivity contribution in [2.24, 2.45) is 0 Å². The maximum atomic E-state index is 11.9. The Hall–Kier alpha value is -1.91. The molecule has 0 aliphatic carbocycles. The quantitative estimate of drug-likeness (QED) is 0.664. The lowest BCUT2D eigenvalue weighted by Crippen LogP contribution is -2.03. The summed E-state index contributed by atoms with van der Waals surface area (Å²) in [5, 5.41) is 0.712. The molecule has 0 atom stereocenters. The van der Waals surface area contributed by atoms with Crippen molar-refractivity contribution in [2.75, 3.05) is 0 Å². The molecule has 3 aromatic rings. The molecule has 0 amide bonds. The van der Waals surface area contributed by atoms with Crippen molar-refractivity contribution in [1.82, 2.24) is 4.98 Å². The predicted molar refractivity (Wildman–Crippen MR) is 88.1 cm³/mol. The van der Waals surface area contributed by atoms with Crippen molar-refractivity contribution >= 4 is 49.5 Å². The Morgan fingerprint density at radius 1 is 1.19 bits per heavy atom. The molecule has 3 rings (SSSR count). The van der Waals surface area contributed by atoms with E-state index in [1.165, 1.54) is 0 Å². The van der Waals surface area contributed by atoms with Crippen LogP contribution in [0.1, 0.15) is 11.5 Å². The highest BCUT2D eigenvalue weighted by Crippen LogP contribution is 2.22. The monoisotopic (exact) mass is 361 g/mol. The molecule has 2 aromatic carbocycles. The minimum atomic E-state index is -0.448. The van der Waals surface area contributed by atoms with Gasteiger partial charge in [0, 0.05) is 4.47 Å². The third kappa shape index (κ3) is 3.06. The topological polar surface area (TPSA) is 43.1 Å². The van der Waals surface area contributed by atoms with Gasteiger partial charge in [-0.3, -0.25) is 0 Å². The summed E-state index contributed by atoms with van der Waals surface area (Å²) < 4.78 is 6.11. The molecule has 0 saturated carbocycles. The zero-order valence-electron chi connectivity index (χ0n) is 10.7. The van der Waals surface area contributed by atoms with Crippen molar-refractivity contribution in [2.45, 2.75) is 0 Å². The van der Waals surface area contributed by atoms with E-state index in [-0.39, 0.29) is 10.9 Å². The highest BCUT2D eigenvalue weighted by atomic mass is 79.9. The maximum absolute atomic E-state index is 11.9. The summed E-state index contributed by atoms with van der Waals surface area (Å²) in [6, 6.07) is 14.6. The molecule has 0 saturated heterocycles. The zero-order chi connectivity index (χ0) is 14.8. The van der Waals surface area contributed by atoms with Crippen LogP contribution in [0.4, 0.5) is 0 Å². The first-order valence-corrected chi connectivity index (χ1v) is 7.33. The van der Waals surface area contributed by atoms with Crippen molar-refractivity contribution in [1.29, 1.82) is 0 Å². The fourth-order valence-corrected chi connectivity index (χ4v) is 2.55. The van der Waals surface area contributed by atoms with E-state index < -0.39 is 5.63 Å². The first-order valence-electron chi connectivity index (χ1n) is 6.16. The van der Waals surface area contributed by atoms with Gasteiger partial charge in [-0.15, -0.1) is 0 Å². The lowest BCUT2D eigenvalue weighted by atomic mass is 10.2. The summed E-state index contributed by atoms with van der Waals surface area (Å²) in [5.74, 6) is 0.111. The fraction of sp³-hybridized carbons (Fsp3) is 0. The highest BCUT2D eigenvalue weighted by molar-refractivity contribution is 9.10. The third-order valence-electron chi connectivity index (χ3n) is 2.88. The van der Waals surface area contributed by atoms with Crippen LogP contribution < -0.4 is 5.63 Å². The molecule has 3 nitrogen and oxygen atoms in total. The summed E-state index contributed by atoms with van der Waals surface area (Å²) in [5.41, 5.74) is 0.993. The molecule has 1 heterocycles. The van der Waals surface area contributed by atoms with Crippen LogP contribution in [0.3, 0.4) is 0 Å². The standard InChI is InChI=1S/C16H9BrClNO2/c17-11-5-3-4-10(8-11)9-13(18)15-19-14-7-2-1-6-12(14)16(20)21-15/h1-9H/b13-9-. The van der Waals surface area contributed by atoms with Crippen LogP contribution >= 0.6 is 27.5 Å². The number of para-hydroxylation sites is 1. The van der Waals surface area contributed by atoms with Crippen LogP contribution in [0.5, 0.6) is 0 Å². The second-order valence-corrected chi connectivity index (χ2v) is 5.69. The average molecular weight is 363 g/mol. The number of fused-ring (bicyclic) bond motifs is 1. The molecule has 0 aliphatic rings. The minimum Gasteiger partial charge on any atom is -0.402 e. The Kier molecular flexibility index (Phi) is 3.90. The van der Waals surface area contributed by atoms with E-state index in [1.807, 2.05) is 30.3 Å². The van der Waals surface area contributed by atoms with Gasteiger partial charge in [0.2, 0.25) is 5.89 Å². The Morgan fingerprint density at radius 2 is 2.00 bits per heavy atom. The number of hydrogen-bond donors (Lipinski definition) is 0. The van der Waals surface area contributed by atoms with Gasteiger partial charge in [-0.1, -0.05) is 51.8 Å². The average Bonchev–Trinajstić information content (AvgIpc) is 2.47. The first kappa shape index (κ1) is 14.0. The van der Waals surface area contributed by atoms with Crippen molar-refractivity contribution in [3.05, 3.63) is 74.9 Å². The van der Waals surface area contributed by atoms with E-state index in [2.05, 4.69) is 20.9 Å². The molecule has 0 unspecified atom stereocenters.